The summed E-state index contributed by atoms with van der Waals surface area (Å²) in [7, 11) is 0. The summed E-state index contributed by atoms with van der Waals surface area (Å²) in [6.07, 6.45) is 3.55. The van der Waals surface area contributed by atoms with Crippen LogP contribution in [0.4, 0.5) is 4.79 Å². The average molecular weight is 349 g/mol. The van der Waals surface area contributed by atoms with Gasteiger partial charge < -0.3 is 15.4 Å². The van der Waals surface area contributed by atoms with Gasteiger partial charge in [-0.25, -0.2) is 9.59 Å². The number of rotatable bonds is 5. The Balaban J connectivity index is 1.93. The van der Waals surface area contributed by atoms with Crippen LogP contribution in [0, 0.1) is 0 Å². The van der Waals surface area contributed by atoms with E-state index in [1.165, 1.54) is 17.8 Å². The van der Waals surface area contributed by atoms with Crippen molar-refractivity contribution in [3.05, 3.63) is 33.7 Å². The molecule has 1 saturated heterocycles. The molecule has 1 aromatic heterocycles. The fourth-order valence-corrected chi connectivity index (χ4v) is 3.99. The number of carbonyl (C=O) groups is 2. The third-order valence-electron chi connectivity index (χ3n) is 4.31. The molecule has 0 bridgehead atoms. The van der Waals surface area contributed by atoms with Crippen molar-refractivity contribution in [2.24, 2.45) is 0 Å². The summed E-state index contributed by atoms with van der Waals surface area (Å²) < 4.78 is 5.26. The summed E-state index contributed by atoms with van der Waals surface area (Å²) in [5, 5.41) is 7.64. The number of hydrogen-bond acceptors (Lipinski definition) is 5. The van der Waals surface area contributed by atoms with Gasteiger partial charge in [-0.15, -0.1) is 11.3 Å². The second kappa shape index (κ2) is 7.81. The second-order valence-electron chi connectivity index (χ2n) is 6.00. The zero-order valence-electron chi connectivity index (χ0n) is 13.8. The zero-order valence-corrected chi connectivity index (χ0v) is 14.7. The molecule has 1 atom stereocenters. The molecule has 2 aliphatic heterocycles. The third kappa shape index (κ3) is 3.79. The minimum Gasteiger partial charge on any atom is -0.463 e. The molecule has 0 radical (unpaired) electrons. The van der Waals surface area contributed by atoms with Gasteiger partial charge in [0.25, 0.3) is 0 Å². The monoisotopic (exact) mass is 349 g/mol. The van der Waals surface area contributed by atoms with Crippen molar-refractivity contribution in [2.45, 2.75) is 32.2 Å². The number of esters is 1. The fraction of sp³-hybridized carbons (Fsp3) is 0.529. The summed E-state index contributed by atoms with van der Waals surface area (Å²) in [5.74, 6) is -0.365. The van der Waals surface area contributed by atoms with Crippen LogP contribution in [0.1, 0.15) is 37.1 Å². The molecule has 0 aliphatic carbocycles. The summed E-state index contributed by atoms with van der Waals surface area (Å²) in [6, 6.07) is 3.13. The predicted molar refractivity (Wildman–Crippen MR) is 92.7 cm³/mol. The quantitative estimate of drug-likeness (QED) is 0.801. The Labute approximate surface area is 145 Å². The third-order valence-corrected chi connectivity index (χ3v) is 5.24. The van der Waals surface area contributed by atoms with Crippen LogP contribution in [0.3, 0.4) is 0 Å². The molecule has 0 aromatic carbocycles. The summed E-state index contributed by atoms with van der Waals surface area (Å²) >= 11 is 1.52. The lowest BCUT2D eigenvalue weighted by molar-refractivity contribution is -0.139. The molecule has 1 fully saturated rings. The highest BCUT2D eigenvalue weighted by Crippen LogP contribution is 2.31. The summed E-state index contributed by atoms with van der Waals surface area (Å²) in [6.45, 7) is 4.66. The number of amides is 2. The molecule has 3 heterocycles. The van der Waals surface area contributed by atoms with E-state index in [0.717, 1.165) is 30.8 Å². The molecule has 2 N–H and O–H groups in total. The number of nitrogens with one attached hydrogen (secondary N) is 2. The molecule has 2 aliphatic rings. The lowest BCUT2D eigenvalue weighted by Gasteiger charge is -2.33. The number of carbonyl (C=O) groups excluding carboxylic acids is 2. The molecule has 2 amide bonds. The lowest BCUT2D eigenvalue weighted by Crippen LogP contribution is -2.48. The van der Waals surface area contributed by atoms with E-state index >= 15 is 0 Å². The first kappa shape index (κ1) is 17.0. The molecule has 0 saturated carbocycles. The predicted octanol–water partition coefficient (Wildman–Crippen LogP) is 2.41. The summed E-state index contributed by atoms with van der Waals surface area (Å²) in [5.41, 5.74) is 1.18. The Morgan fingerprint density at radius 2 is 2.17 bits per heavy atom. The van der Waals surface area contributed by atoms with E-state index in [1.54, 1.807) is 6.92 Å². The van der Waals surface area contributed by atoms with E-state index in [0.29, 0.717) is 24.4 Å². The highest BCUT2D eigenvalue weighted by atomic mass is 32.1. The molecule has 130 valence electrons. The maximum absolute atomic E-state index is 12.6. The van der Waals surface area contributed by atoms with E-state index in [-0.39, 0.29) is 12.0 Å². The lowest BCUT2D eigenvalue weighted by atomic mass is 10.00. The molecule has 7 heteroatoms. The Morgan fingerprint density at radius 1 is 1.38 bits per heavy atom. The average Bonchev–Trinajstić information content (AvgIpc) is 3.10. The van der Waals surface area contributed by atoms with Gasteiger partial charge in [-0.3, -0.25) is 4.90 Å². The summed E-state index contributed by atoms with van der Waals surface area (Å²) in [4.78, 5) is 27.9. The van der Waals surface area contributed by atoms with Crippen molar-refractivity contribution in [1.29, 1.82) is 0 Å². The topological polar surface area (TPSA) is 70.7 Å². The first-order chi connectivity index (χ1) is 11.7. The normalized spacial score (nSPS) is 22.0. The van der Waals surface area contributed by atoms with E-state index in [2.05, 4.69) is 15.5 Å². The van der Waals surface area contributed by atoms with Crippen LogP contribution in [0.25, 0.3) is 0 Å². The number of thiophene rings is 1. The Bertz CT molecular complexity index is 621. The standard InChI is InChI=1S/C17H23N3O3S/c1-2-23-16(21)14-12(11-20-8-4-3-5-9-20)18-17(22)19-15(14)13-7-6-10-24-13/h6-7,10,15H,2-5,8-9,11H2,1H3,(H2,18,19,22)/t15-/m0/s1. The fourth-order valence-electron chi connectivity index (χ4n) is 3.20. The van der Waals surface area contributed by atoms with Crippen LogP contribution in [-0.2, 0) is 9.53 Å². The van der Waals surface area contributed by atoms with Crippen LogP contribution in [0.2, 0.25) is 0 Å². The highest BCUT2D eigenvalue weighted by molar-refractivity contribution is 7.10. The van der Waals surface area contributed by atoms with E-state index in [9.17, 15) is 9.59 Å². The first-order valence-electron chi connectivity index (χ1n) is 8.42. The van der Waals surface area contributed by atoms with Gasteiger partial charge in [0.15, 0.2) is 0 Å². The molecule has 1 aromatic rings. The van der Waals surface area contributed by atoms with Crippen molar-refractivity contribution in [3.63, 3.8) is 0 Å². The molecular weight excluding hydrogens is 326 g/mol. The minimum absolute atomic E-state index is 0.270. The van der Waals surface area contributed by atoms with Gasteiger partial charge in [0, 0.05) is 17.1 Å². The van der Waals surface area contributed by atoms with Crippen LogP contribution in [0.5, 0.6) is 0 Å². The number of hydrogen-bond donors (Lipinski definition) is 2. The maximum Gasteiger partial charge on any atom is 0.338 e. The highest BCUT2D eigenvalue weighted by Gasteiger charge is 2.34. The van der Waals surface area contributed by atoms with Crippen molar-refractivity contribution in [1.82, 2.24) is 15.5 Å². The smallest absolute Gasteiger partial charge is 0.338 e. The van der Waals surface area contributed by atoms with Crippen molar-refractivity contribution < 1.29 is 14.3 Å². The van der Waals surface area contributed by atoms with Crippen LogP contribution in [0.15, 0.2) is 28.8 Å². The molecule has 0 unspecified atom stereocenters. The van der Waals surface area contributed by atoms with Crippen LogP contribution < -0.4 is 10.6 Å². The van der Waals surface area contributed by atoms with Crippen LogP contribution >= 0.6 is 11.3 Å². The van der Waals surface area contributed by atoms with Crippen LogP contribution in [-0.4, -0.2) is 43.1 Å². The Hall–Kier alpha value is -1.86. The molecule has 3 rings (SSSR count). The zero-order chi connectivity index (χ0) is 16.9. The van der Waals surface area contributed by atoms with E-state index < -0.39 is 6.04 Å². The van der Waals surface area contributed by atoms with Gasteiger partial charge in [0.05, 0.1) is 18.2 Å². The van der Waals surface area contributed by atoms with Gasteiger partial charge in [-0.1, -0.05) is 12.5 Å². The minimum atomic E-state index is -0.447. The Kier molecular flexibility index (Phi) is 5.52. The van der Waals surface area contributed by atoms with Gasteiger partial charge in [-0.05, 0) is 44.3 Å². The van der Waals surface area contributed by atoms with Crippen molar-refractivity contribution in [2.75, 3.05) is 26.2 Å². The molecular formula is C17H23N3O3S. The number of likely N-dealkylation sites (tertiary alicyclic amines) is 1. The van der Waals surface area contributed by atoms with Crippen molar-refractivity contribution >= 4 is 23.3 Å². The first-order valence-corrected chi connectivity index (χ1v) is 9.30. The number of nitrogens with zero attached hydrogens (tertiary/aromatic N) is 1. The van der Waals surface area contributed by atoms with Gasteiger partial charge >= 0.3 is 12.0 Å². The number of urea groups is 1. The largest absolute Gasteiger partial charge is 0.463 e. The molecule has 24 heavy (non-hydrogen) atoms. The molecule has 6 nitrogen and oxygen atoms in total. The van der Waals surface area contributed by atoms with Gasteiger partial charge in [0.1, 0.15) is 0 Å². The maximum atomic E-state index is 12.6. The van der Waals surface area contributed by atoms with E-state index in [4.69, 9.17) is 4.74 Å². The SMILES string of the molecule is CCOC(=O)C1=C(CN2CCCCC2)NC(=O)N[C@H]1c1cccs1. The van der Waals surface area contributed by atoms with Gasteiger partial charge in [-0.2, -0.15) is 0 Å². The number of ether oxygens (including phenoxy) is 1. The molecule has 0 spiro atoms. The van der Waals surface area contributed by atoms with Crippen molar-refractivity contribution in [3.8, 4) is 0 Å². The number of piperidine rings is 1. The Morgan fingerprint density at radius 3 is 2.83 bits per heavy atom. The van der Waals surface area contributed by atoms with Gasteiger partial charge in [0.2, 0.25) is 0 Å². The second-order valence-corrected chi connectivity index (χ2v) is 6.98. The van der Waals surface area contributed by atoms with E-state index in [1.807, 2.05) is 17.5 Å².